The van der Waals surface area contributed by atoms with E-state index in [0.717, 1.165) is 12.8 Å². The van der Waals surface area contributed by atoms with Crippen LogP contribution in [0.15, 0.2) is 260 Å². The zero-order valence-electron chi connectivity index (χ0n) is 62.2. The lowest BCUT2D eigenvalue weighted by Crippen LogP contribution is -2.16. The SMILES string of the molecule is C.CC(C)(C)c1cc2c(cc1-c1ccccc1)Cc1cc(-c3ccccc3)c(C(C)(C)C)cc1-2.CC(C)(C)c1ccc(/C=C2/C=CCC2)cc1.CC(C)(C)c1ccc(C(C2=CCC=C2)C2c3cc(-c4ccccc4)c(C(C)(C)C)cc3-c3cc(C(C)(C)C)c(-c4ccccc4)cc32)cc1. The first-order chi connectivity index (χ1) is 46.4. The summed E-state index contributed by atoms with van der Waals surface area (Å²) in [6, 6.07) is 82.5. The Hall–Kier alpha value is -8.84. The molecule has 1 atom stereocenters. The van der Waals surface area contributed by atoms with Crippen molar-refractivity contribution in [3.8, 4) is 66.8 Å². The summed E-state index contributed by atoms with van der Waals surface area (Å²) in [5, 5.41) is 0. The van der Waals surface area contributed by atoms with Gasteiger partial charge in [0.1, 0.15) is 0 Å². The van der Waals surface area contributed by atoms with Gasteiger partial charge in [-0.3, -0.25) is 0 Å². The van der Waals surface area contributed by atoms with Gasteiger partial charge in [-0.2, -0.15) is 0 Å². The Balaban J connectivity index is 0.000000169. The van der Waals surface area contributed by atoms with Crippen molar-refractivity contribution in [2.24, 2.45) is 0 Å². The zero-order chi connectivity index (χ0) is 69.7. The third-order valence-electron chi connectivity index (χ3n) is 20.8. The molecule has 99 heavy (non-hydrogen) atoms. The van der Waals surface area contributed by atoms with Crippen LogP contribution in [0.25, 0.3) is 72.8 Å². The first-order valence-electron chi connectivity index (χ1n) is 36.3. The van der Waals surface area contributed by atoms with E-state index in [0.29, 0.717) is 0 Å². The van der Waals surface area contributed by atoms with E-state index in [1.165, 1.54) is 158 Å². The van der Waals surface area contributed by atoms with E-state index < -0.39 is 0 Å². The fourth-order valence-electron chi connectivity index (χ4n) is 15.4. The zero-order valence-corrected chi connectivity index (χ0v) is 62.2. The minimum Gasteiger partial charge on any atom is -0.0839 e. The summed E-state index contributed by atoms with van der Waals surface area (Å²) in [6.45, 7) is 41.8. The van der Waals surface area contributed by atoms with Gasteiger partial charge in [0.25, 0.3) is 0 Å². The normalized spacial score (nSPS) is 14.8. The lowest BCUT2D eigenvalue weighted by atomic mass is 9.73. The van der Waals surface area contributed by atoms with Crippen LogP contribution in [0, 0.1) is 0 Å². The lowest BCUT2D eigenvalue weighted by Gasteiger charge is -2.30. The Kier molecular flexibility index (Phi) is 20.2. The average Bonchev–Trinajstić information content (AvgIpc) is 1.56. The molecular formula is C99H110. The van der Waals surface area contributed by atoms with E-state index in [9.17, 15) is 0 Å². The molecule has 10 aromatic carbocycles. The Morgan fingerprint density at radius 3 is 1.02 bits per heavy atom. The van der Waals surface area contributed by atoms with Crippen LogP contribution in [-0.2, 0) is 38.9 Å². The second-order valence-electron chi connectivity index (χ2n) is 34.4. The largest absolute Gasteiger partial charge is 0.0839 e. The molecule has 0 bridgehead atoms. The van der Waals surface area contributed by atoms with Gasteiger partial charge in [0.05, 0.1) is 0 Å². The molecule has 4 aliphatic carbocycles. The molecule has 0 aliphatic heterocycles. The molecule has 0 nitrogen and oxygen atoms in total. The van der Waals surface area contributed by atoms with Crippen molar-refractivity contribution < 1.29 is 0 Å². The maximum absolute atomic E-state index is 2.57. The van der Waals surface area contributed by atoms with E-state index in [1.807, 2.05) is 0 Å². The van der Waals surface area contributed by atoms with Crippen LogP contribution < -0.4 is 0 Å². The molecule has 0 spiro atoms. The summed E-state index contributed by atoms with van der Waals surface area (Å²) in [7, 11) is 0. The number of fused-ring (bicyclic) bond motifs is 6. The van der Waals surface area contributed by atoms with Gasteiger partial charge in [0, 0.05) is 11.8 Å². The molecule has 0 saturated heterocycles. The van der Waals surface area contributed by atoms with Crippen molar-refractivity contribution in [3.05, 3.63) is 327 Å². The van der Waals surface area contributed by atoms with Crippen LogP contribution in [0.5, 0.6) is 0 Å². The lowest BCUT2D eigenvalue weighted by molar-refractivity contribution is 0.588. The van der Waals surface area contributed by atoms with E-state index in [1.54, 1.807) is 0 Å². The monoisotopic (exact) mass is 1300 g/mol. The highest BCUT2D eigenvalue weighted by molar-refractivity contribution is 5.90. The summed E-state index contributed by atoms with van der Waals surface area (Å²) in [5.41, 5.74) is 36.5. The second kappa shape index (κ2) is 28.1. The number of hydrogen-bond acceptors (Lipinski definition) is 0. The first-order valence-corrected chi connectivity index (χ1v) is 36.3. The van der Waals surface area contributed by atoms with Gasteiger partial charge in [0.2, 0.25) is 0 Å². The van der Waals surface area contributed by atoms with E-state index >= 15 is 0 Å². The van der Waals surface area contributed by atoms with Crippen LogP contribution in [0.4, 0.5) is 0 Å². The summed E-state index contributed by atoms with van der Waals surface area (Å²) in [4.78, 5) is 0. The van der Waals surface area contributed by atoms with Crippen molar-refractivity contribution in [1.29, 1.82) is 0 Å². The maximum atomic E-state index is 2.57. The minimum atomic E-state index is -0.0196. The van der Waals surface area contributed by atoms with Gasteiger partial charge in [-0.15, -0.1) is 0 Å². The highest BCUT2D eigenvalue weighted by atomic mass is 14.4. The smallest absolute Gasteiger partial charge is 0.0211 e. The topological polar surface area (TPSA) is 0 Å². The Morgan fingerprint density at radius 2 is 0.697 bits per heavy atom. The summed E-state index contributed by atoms with van der Waals surface area (Å²) in [6.07, 6.45) is 18.3. The highest BCUT2D eigenvalue weighted by Crippen LogP contribution is 2.58. The molecule has 0 radical (unpaired) electrons. The van der Waals surface area contributed by atoms with Crippen molar-refractivity contribution in [2.45, 2.75) is 202 Å². The molecule has 506 valence electrons. The molecule has 4 aliphatic rings. The van der Waals surface area contributed by atoms with Gasteiger partial charge < -0.3 is 0 Å². The molecule has 0 saturated carbocycles. The quantitative estimate of drug-likeness (QED) is 0.142. The Bertz CT molecular complexity index is 4420. The molecular weight excluding hydrogens is 1190 g/mol. The second-order valence-corrected chi connectivity index (χ2v) is 34.4. The molecule has 10 aromatic rings. The molecule has 0 heteroatoms. The van der Waals surface area contributed by atoms with E-state index in [-0.39, 0.29) is 51.8 Å². The van der Waals surface area contributed by atoms with Crippen molar-refractivity contribution >= 4 is 6.08 Å². The van der Waals surface area contributed by atoms with Crippen molar-refractivity contribution in [2.75, 3.05) is 0 Å². The van der Waals surface area contributed by atoms with Crippen LogP contribution in [0.2, 0.25) is 0 Å². The molecule has 14 rings (SSSR count). The maximum Gasteiger partial charge on any atom is 0.0211 e. The number of allylic oxidation sites excluding steroid dienone is 7. The fraction of sp³-hybridized carbons (Fsp3) is 0.313. The molecule has 0 heterocycles. The standard InChI is InChI=1S/C49H52.C33H34.C16H20.CH4/c1-47(2,3)36-26-24-35(25-27-36)45(34-22-16-17-23-34)46-41-28-37(32-18-12-10-13-19-32)43(48(4,5)6)30-39(41)40-31-44(49(7,8)9)38(29-42(40)46)33-20-14-11-15-21-33;1-32(2,3)30-20-26-24(18-28(30)22-13-9-7-10-14-22)17-25-19-29(23-15-11-8-12-16-23)31(21-27(25)26)33(4,5)6;1-16(2,3)15-10-8-14(9-11-15)12-13-6-4-5-7-13;/h10-16,18-31,45-46H,17H2,1-9H3;7-16,18-21H,17H2,1-6H3;4,6,8-12H,5,7H2,1-3H3;1H4/b;;13-12-;. The third-order valence-corrected chi connectivity index (χ3v) is 20.8. The average molecular weight is 1300 g/mol. The predicted octanol–water partition coefficient (Wildman–Crippen LogP) is 28.2. The molecule has 0 N–H and O–H groups in total. The van der Waals surface area contributed by atoms with E-state index in [4.69, 9.17) is 0 Å². The number of rotatable bonds is 8. The molecule has 0 aromatic heterocycles. The Morgan fingerprint density at radius 1 is 0.343 bits per heavy atom. The Labute approximate surface area is 597 Å². The van der Waals surface area contributed by atoms with Crippen LogP contribution in [-0.4, -0.2) is 0 Å². The third kappa shape index (κ3) is 15.5. The number of hydrogen-bond donors (Lipinski definition) is 0. The summed E-state index contributed by atoms with van der Waals surface area (Å²) >= 11 is 0. The molecule has 0 amide bonds. The molecule has 0 fully saturated rings. The summed E-state index contributed by atoms with van der Waals surface area (Å²) < 4.78 is 0. The van der Waals surface area contributed by atoms with Gasteiger partial charge >= 0.3 is 0 Å². The number of benzene rings is 10. The highest BCUT2D eigenvalue weighted by Gasteiger charge is 2.41. The van der Waals surface area contributed by atoms with Crippen molar-refractivity contribution in [1.82, 2.24) is 0 Å². The van der Waals surface area contributed by atoms with Crippen molar-refractivity contribution in [3.63, 3.8) is 0 Å². The minimum absolute atomic E-state index is 0. The van der Waals surface area contributed by atoms with Crippen LogP contribution >= 0.6 is 0 Å². The van der Waals surface area contributed by atoms with Crippen LogP contribution in [0.3, 0.4) is 0 Å². The van der Waals surface area contributed by atoms with Gasteiger partial charge in [-0.1, -0.05) is 338 Å². The van der Waals surface area contributed by atoms with Gasteiger partial charge in [-0.25, -0.2) is 0 Å². The van der Waals surface area contributed by atoms with Gasteiger partial charge in [0.15, 0.2) is 0 Å². The predicted molar refractivity (Wildman–Crippen MR) is 433 cm³/mol. The van der Waals surface area contributed by atoms with Crippen LogP contribution in [0.1, 0.15) is 230 Å². The van der Waals surface area contributed by atoms with E-state index in [2.05, 4.69) is 379 Å². The molecule has 1 unspecified atom stereocenters. The summed E-state index contributed by atoms with van der Waals surface area (Å²) in [5.74, 6) is 0.369. The fourth-order valence-corrected chi connectivity index (χ4v) is 15.4. The first kappa shape index (κ1) is 71.4. The van der Waals surface area contributed by atoms with Gasteiger partial charge in [-0.05, 0) is 251 Å².